The van der Waals surface area contributed by atoms with Crippen LogP contribution in [0.4, 0.5) is 10.2 Å². The highest BCUT2D eigenvalue weighted by Gasteiger charge is 2.01. The normalized spacial score (nSPS) is 9.57. The predicted molar refractivity (Wildman–Crippen MR) is 54.6 cm³/mol. The van der Waals surface area contributed by atoms with Gasteiger partial charge in [0.05, 0.1) is 12.8 Å². The van der Waals surface area contributed by atoms with Crippen LogP contribution < -0.4 is 11.1 Å². The van der Waals surface area contributed by atoms with Gasteiger partial charge in [-0.1, -0.05) is 0 Å². The molecule has 1 aromatic heterocycles. The van der Waals surface area contributed by atoms with E-state index in [0.717, 1.165) is 6.20 Å². The van der Waals surface area contributed by atoms with Crippen molar-refractivity contribution in [3.05, 3.63) is 23.6 Å². The van der Waals surface area contributed by atoms with Crippen LogP contribution in [0, 0.1) is 5.82 Å². The Labute approximate surface area is 87.7 Å². The number of hydrogen-bond donors (Lipinski definition) is 3. The first kappa shape index (κ1) is 13.1. The second kappa shape index (κ2) is 6.53. The van der Waals surface area contributed by atoms with Crippen molar-refractivity contribution in [2.75, 3.05) is 18.9 Å². The summed E-state index contributed by atoms with van der Waals surface area (Å²) in [5, 5.41) is 11.4. The Morgan fingerprint density at radius 3 is 2.93 bits per heavy atom. The summed E-state index contributed by atoms with van der Waals surface area (Å²) < 4.78 is 12.7. The Kier molecular flexibility index (Phi) is 6.11. The minimum Gasteiger partial charge on any atom is -0.395 e. The molecule has 0 bridgehead atoms. The number of rotatable bonds is 4. The van der Waals surface area contributed by atoms with Crippen LogP contribution in [0.15, 0.2) is 12.3 Å². The highest BCUT2D eigenvalue weighted by atomic mass is 35.5. The molecule has 80 valence electrons. The quantitative estimate of drug-likeness (QED) is 0.640. The molecule has 0 aliphatic rings. The molecule has 0 radical (unpaired) electrons. The van der Waals surface area contributed by atoms with Gasteiger partial charge in [0.25, 0.3) is 0 Å². The summed E-state index contributed by atoms with van der Waals surface area (Å²) in [5.41, 5.74) is 6.10. The average Bonchev–Trinajstić information content (AvgIpc) is 2.11. The average molecular weight is 222 g/mol. The van der Waals surface area contributed by atoms with Crippen LogP contribution in [0.25, 0.3) is 0 Å². The summed E-state index contributed by atoms with van der Waals surface area (Å²) in [4.78, 5) is 3.66. The molecular formula is C8H13ClFN3O. The van der Waals surface area contributed by atoms with E-state index in [1.165, 1.54) is 6.07 Å². The van der Waals surface area contributed by atoms with Crippen LogP contribution in [-0.4, -0.2) is 23.2 Å². The molecule has 0 aromatic carbocycles. The number of nitrogens with two attached hydrogens (primary N) is 1. The van der Waals surface area contributed by atoms with Gasteiger partial charge in [0.1, 0.15) is 11.6 Å². The van der Waals surface area contributed by atoms with Gasteiger partial charge in [0, 0.05) is 18.7 Å². The third-order valence-corrected chi connectivity index (χ3v) is 1.57. The first-order valence-electron chi connectivity index (χ1n) is 3.95. The van der Waals surface area contributed by atoms with Gasteiger partial charge in [0.15, 0.2) is 0 Å². The molecule has 1 rings (SSSR count). The van der Waals surface area contributed by atoms with E-state index in [1.807, 2.05) is 0 Å². The Morgan fingerprint density at radius 1 is 1.57 bits per heavy atom. The van der Waals surface area contributed by atoms with Gasteiger partial charge >= 0.3 is 0 Å². The van der Waals surface area contributed by atoms with Gasteiger partial charge in [-0.25, -0.2) is 9.37 Å². The maximum absolute atomic E-state index is 12.7. The van der Waals surface area contributed by atoms with Gasteiger partial charge in [-0.15, -0.1) is 12.4 Å². The zero-order valence-corrected chi connectivity index (χ0v) is 8.35. The Hall–Kier alpha value is -0.910. The summed E-state index contributed by atoms with van der Waals surface area (Å²) in [6, 6.07) is 1.33. The van der Waals surface area contributed by atoms with Crippen molar-refractivity contribution in [1.29, 1.82) is 0 Å². The molecule has 0 saturated carbocycles. The molecule has 0 fully saturated rings. The second-order valence-electron chi connectivity index (χ2n) is 2.60. The Morgan fingerprint density at radius 2 is 2.29 bits per heavy atom. The fourth-order valence-electron chi connectivity index (χ4n) is 0.935. The molecule has 0 spiro atoms. The molecule has 14 heavy (non-hydrogen) atoms. The Bertz CT molecular complexity index is 285. The van der Waals surface area contributed by atoms with Crippen LogP contribution in [0.5, 0.6) is 0 Å². The molecule has 4 nitrogen and oxygen atoms in total. The maximum atomic E-state index is 12.7. The monoisotopic (exact) mass is 221 g/mol. The van der Waals surface area contributed by atoms with Crippen LogP contribution in [0.2, 0.25) is 0 Å². The van der Waals surface area contributed by atoms with E-state index < -0.39 is 5.82 Å². The third-order valence-electron chi connectivity index (χ3n) is 1.57. The fourth-order valence-corrected chi connectivity index (χ4v) is 0.935. The van der Waals surface area contributed by atoms with E-state index in [1.54, 1.807) is 0 Å². The SMILES string of the molecule is Cl.Nc1ncc(F)cc1CNCCO. The smallest absolute Gasteiger partial charge is 0.141 e. The van der Waals surface area contributed by atoms with Crippen LogP contribution in [0.1, 0.15) is 5.56 Å². The van der Waals surface area contributed by atoms with Crippen molar-refractivity contribution in [1.82, 2.24) is 10.3 Å². The summed E-state index contributed by atoms with van der Waals surface area (Å²) >= 11 is 0. The van der Waals surface area contributed by atoms with Crippen LogP contribution >= 0.6 is 12.4 Å². The lowest BCUT2D eigenvalue weighted by Crippen LogP contribution is -2.18. The minimum atomic E-state index is -0.407. The second-order valence-corrected chi connectivity index (χ2v) is 2.60. The van der Waals surface area contributed by atoms with E-state index in [-0.39, 0.29) is 19.0 Å². The van der Waals surface area contributed by atoms with Crippen LogP contribution in [0.3, 0.4) is 0 Å². The van der Waals surface area contributed by atoms with Crippen LogP contribution in [-0.2, 0) is 6.54 Å². The number of nitrogens with one attached hydrogen (secondary N) is 1. The number of nitrogens with zero attached hydrogens (tertiary/aromatic N) is 1. The number of halogens is 2. The molecule has 1 heterocycles. The number of aliphatic hydroxyl groups excluding tert-OH is 1. The molecule has 0 saturated heterocycles. The highest BCUT2D eigenvalue weighted by molar-refractivity contribution is 5.85. The predicted octanol–water partition coefficient (Wildman–Crippen LogP) is 0.307. The van der Waals surface area contributed by atoms with E-state index in [9.17, 15) is 4.39 Å². The van der Waals surface area contributed by atoms with Crippen molar-refractivity contribution < 1.29 is 9.50 Å². The van der Waals surface area contributed by atoms with Crippen molar-refractivity contribution in [2.24, 2.45) is 0 Å². The van der Waals surface area contributed by atoms with Gasteiger partial charge < -0.3 is 16.2 Å². The van der Waals surface area contributed by atoms with Crippen molar-refractivity contribution in [3.63, 3.8) is 0 Å². The molecule has 0 aliphatic carbocycles. The lowest BCUT2D eigenvalue weighted by Gasteiger charge is -2.05. The fraction of sp³-hybridized carbons (Fsp3) is 0.375. The third kappa shape index (κ3) is 3.87. The van der Waals surface area contributed by atoms with E-state index in [2.05, 4.69) is 10.3 Å². The first-order valence-corrected chi connectivity index (χ1v) is 3.95. The Balaban J connectivity index is 0.00000169. The summed E-state index contributed by atoms with van der Waals surface area (Å²) in [6.45, 7) is 0.912. The molecule has 0 unspecified atom stereocenters. The largest absolute Gasteiger partial charge is 0.395 e. The van der Waals surface area contributed by atoms with Gasteiger partial charge in [0.2, 0.25) is 0 Å². The maximum Gasteiger partial charge on any atom is 0.141 e. The lowest BCUT2D eigenvalue weighted by atomic mass is 10.2. The van der Waals surface area contributed by atoms with E-state index in [0.29, 0.717) is 24.5 Å². The van der Waals surface area contributed by atoms with Crippen molar-refractivity contribution >= 4 is 18.2 Å². The van der Waals surface area contributed by atoms with Gasteiger partial charge in [-0.3, -0.25) is 0 Å². The number of aromatic nitrogens is 1. The molecule has 0 aliphatic heterocycles. The molecule has 4 N–H and O–H groups in total. The first-order chi connectivity index (χ1) is 6.24. The zero-order valence-electron chi connectivity index (χ0n) is 7.53. The number of anilines is 1. The van der Waals surface area contributed by atoms with Gasteiger partial charge in [-0.2, -0.15) is 0 Å². The standard InChI is InChI=1S/C8H12FN3O.ClH/c9-7-3-6(4-11-1-2-13)8(10)12-5-7;/h3,5,11,13H,1-2,4H2,(H2,10,12);1H. The van der Waals surface area contributed by atoms with Gasteiger partial charge in [-0.05, 0) is 6.07 Å². The zero-order chi connectivity index (χ0) is 9.68. The summed E-state index contributed by atoms with van der Waals surface area (Å²) in [5.74, 6) is -0.0955. The highest BCUT2D eigenvalue weighted by Crippen LogP contribution is 2.08. The molecular weight excluding hydrogens is 209 g/mol. The van der Waals surface area contributed by atoms with E-state index >= 15 is 0 Å². The minimum absolute atomic E-state index is 0. The summed E-state index contributed by atoms with van der Waals surface area (Å²) in [7, 11) is 0. The summed E-state index contributed by atoms with van der Waals surface area (Å²) in [6.07, 6.45) is 1.07. The van der Waals surface area contributed by atoms with Crippen molar-refractivity contribution in [3.8, 4) is 0 Å². The number of hydrogen-bond acceptors (Lipinski definition) is 4. The number of aliphatic hydroxyl groups is 1. The molecule has 1 aromatic rings. The topological polar surface area (TPSA) is 71.2 Å². The molecule has 6 heteroatoms. The number of nitrogen functional groups attached to an aromatic ring is 1. The van der Waals surface area contributed by atoms with E-state index in [4.69, 9.17) is 10.8 Å². The lowest BCUT2D eigenvalue weighted by molar-refractivity contribution is 0.292. The molecule has 0 atom stereocenters. The van der Waals surface area contributed by atoms with Crippen molar-refractivity contribution in [2.45, 2.75) is 6.54 Å². The molecule has 0 amide bonds. The number of pyridine rings is 1.